The van der Waals surface area contributed by atoms with Crippen LogP contribution in [0.1, 0.15) is 6.92 Å². The van der Waals surface area contributed by atoms with Gasteiger partial charge in [0.1, 0.15) is 6.10 Å². The summed E-state index contributed by atoms with van der Waals surface area (Å²) < 4.78 is 10.3. The normalized spacial score (nSPS) is 18.7. The van der Waals surface area contributed by atoms with E-state index in [2.05, 4.69) is 10.6 Å². The molecule has 1 amide bonds. The molecule has 0 radical (unpaired) electrons. The molecule has 0 aromatic heterocycles. The molecule has 5 heteroatoms. The zero-order valence-electron chi connectivity index (χ0n) is 8.71. The second kappa shape index (κ2) is 5.95. The Morgan fingerprint density at radius 1 is 1.64 bits per heavy atom. The van der Waals surface area contributed by atoms with Gasteiger partial charge in [-0.05, 0) is 6.92 Å². The lowest BCUT2D eigenvalue weighted by molar-refractivity contribution is -0.137. The van der Waals surface area contributed by atoms with Gasteiger partial charge in [-0.3, -0.25) is 4.79 Å². The van der Waals surface area contributed by atoms with Crippen molar-refractivity contribution in [2.24, 2.45) is 0 Å². The smallest absolute Gasteiger partial charge is 0.248 e. The minimum absolute atomic E-state index is 0.0750. The molecule has 0 aromatic carbocycles. The fourth-order valence-electron chi connectivity index (χ4n) is 1.13. The Hall–Kier alpha value is -0.650. The molecule has 1 saturated heterocycles. The highest BCUT2D eigenvalue weighted by atomic mass is 16.5. The van der Waals surface area contributed by atoms with Crippen molar-refractivity contribution in [1.29, 1.82) is 0 Å². The van der Waals surface area contributed by atoms with Crippen LogP contribution < -0.4 is 10.6 Å². The van der Waals surface area contributed by atoms with Gasteiger partial charge in [0, 0.05) is 26.7 Å². The van der Waals surface area contributed by atoms with Crippen LogP contribution in [0.2, 0.25) is 0 Å². The molecule has 0 aliphatic carbocycles. The van der Waals surface area contributed by atoms with Crippen LogP contribution >= 0.6 is 0 Å². The average Bonchev–Trinajstić information content (AvgIpc) is 2.11. The lowest BCUT2D eigenvalue weighted by Gasteiger charge is -2.29. The van der Waals surface area contributed by atoms with Gasteiger partial charge in [-0.25, -0.2) is 0 Å². The van der Waals surface area contributed by atoms with Crippen LogP contribution in [0.3, 0.4) is 0 Å². The quantitative estimate of drug-likeness (QED) is 0.549. The first-order chi connectivity index (χ1) is 6.74. The number of hydrogen-bond donors (Lipinski definition) is 2. The average molecular weight is 202 g/mol. The molecule has 5 nitrogen and oxygen atoms in total. The Bertz CT molecular complexity index is 183. The van der Waals surface area contributed by atoms with E-state index in [0.29, 0.717) is 13.2 Å². The third-order valence-electron chi connectivity index (χ3n) is 2.12. The topological polar surface area (TPSA) is 59.6 Å². The van der Waals surface area contributed by atoms with Gasteiger partial charge in [-0.1, -0.05) is 0 Å². The largest absolute Gasteiger partial charge is 0.383 e. The summed E-state index contributed by atoms with van der Waals surface area (Å²) in [5.41, 5.74) is 0. The fraction of sp³-hybridized carbons (Fsp3) is 0.889. The maximum Gasteiger partial charge on any atom is 0.248 e. The standard InChI is InChI=1S/C9H18N2O3/c1-7(14-8-5-10-6-8)9(12)11-3-4-13-2/h7-8,10H,3-6H2,1-2H3,(H,11,12). The first kappa shape index (κ1) is 11.4. The highest BCUT2D eigenvalue weighted by Gasteiger charge is 2.23. The molecule has 2 N–H and O–H groups in total. The molecule has 0 bridgehead atoms. The van der Waals surface area contributed by atoms with Crippen LogP contribution in [-0.2, 0) is 14.3 Å². The van der Waals surface area contributed by atoms with E-state index in [1.54, 1.807) is 14.0 Å². The second-order valence-corrected chi connectivity index (χ2v) is 3.34. The van der Waals surface area contributed by atoms with Gasteiger partial charge >= 0.3 is 0 Å². The SMILES string of the molecule is COCCNC(=O)C(C)OC1CNC1. The highest BCUT2D eigenvalue weighted by Crippen LogP contribution is 2.02. The third-order valence-corrected chi connectivity index (χ3v) is 2.12. The summed E-state index contributed by atoms with van der Waals surface area (Å²) in [6.07, 6.45) is -0.183. The monoisotopic (exact) mass is 202 g/mol. The lowest BCUT2D eigenvalue weighted by Crippen LogP contribution is -2.51. The molecule has 1 heterocycles. The van der Waals surface area contributed by atoms with Gasteiger partial charge in [-0.2, -0.15) is 0 Å². The molecule has 1 fully saturated rings. The van der Waals surface area contributed by atoms with E-state index in [0.717, 1.165) is 13.1 Å². The zero-order valence-corrected chi connectivity index (χ0v) is 8.71. The Kier molecular flexibility index (Phi) is 4.86. The zero-order chi connectivity index (χ0) is 10.4. The van der Waals surface area contributed by atoms with Crippen molar-refractivity contribution >= 4 is 5.91 Å². The molecule has 1 unspecified atom stereocenters. The molecule has 1 rings (SSSR count). The summed E-state index contributed by atoms with van der Waals surface area (Å²) in [5.74, 6) is -0.0750. The number of carbonyl (C=O) groups is 1. The molecule has 1 aliphatic rings. The first-order valence-corrected chi connectivity index (χ1v) is 4.87. The molecule has 82 valence electrons. The third kappa shape index (κ3) is 3.61. The van der Waals surface area contributed by atoms with Gasteiger partial charge < -0.3 is 20.1 Å². The Balaban J connectivity index is 2.08. The predicted octanol–water partition coefficient (Wildman–Crippen LogP) is -0.874. The molecular weight excluding hydrogens is 184 g/mol. The van der Waals surface area contributed by atoms with E-state index in [9.17, 15) is 4.79 Å². The van der Waals surface area contributed by atoms with E-state index in [1.165, 1.54) is 0 Å². The first-order valence-electron chi connectivity index (χ1n) is 4.87. The number of hydrogen-bond acceptors (Lipinski definition) is 4. The summed E-state index contributed by atoms with van der Waals surface area (Å²) >= 11 is 0. The van der Waals surface area contributed by atoms with Gasteiger partial charge in [0.25, 0.3) is 0 Å². The molecule has 1 atom stereocenters. The number of carbonyl (C=O) groups excluding carboxylic acids is 1. The summed E-state index contributed by atoms with van der Waals surface area (Å²) in [7, 11) is 1.60. The summed E-state index contributed by atoms with van der Waals surface area (Å²) in [4.78, 5) is 11.4. The second-order valence-electron chi connectivity index (χ2n) is 3.34. The summed E-state index contributed by atoms with van der Waals surface area (Å²) in [6, 6.07) is 0. The predicted molar refractivity (Wildman–Crippen MR) is 52.1 cm³/mol. The van der Waals surface area contributed by atoms with Crippen molar-refractivity contribution in [3.63, 3.8) is 0 Å². The molecule has 1 aliphatic heterocycles. The fourth-order valence-corrected chi connectivity index (χ4v) is 1.13. The molecule has 0 spiro atoms. The van der Waals surface area contributed by atoms with Gasteiger partial charge in [-0.15, -0.1) is 0 Å². The van der Waals surface area contributed by atoms with Crippen molar-refractivity contribution in [3.05, 3.63) is 0 Å². The molecule has 0 saturated carbocycles. The van der Waals surface area contributed by atoms with Crippen molar-refractivity contribution < 1.29 is 14.3 Å². The van der Waals surface area contributed by atoms with Crippen molar-refractivity contribution in [1.82, 2.24) is 10.6 Å². The number of amides is 1. The van der Waals surface area contributed by atoms with E-state index >= 15 is 0 Å². The van der Waals surface area contributed by atoms with Crippen molar-refractivity contribution in [2.45, 2.75) is 19.1 Å². The van der Waals surface area contributed by atoms with Gasteiger partial charge in [0.05, 0.1) is 12.7 Å². The molecule has 14 heavy (non-hydrogen) atoms. The minimum atomic E-state index is -0.376. The summed E-state index contributed by atoms with van der Waals surface area (Å²) in [5, 5.41) is 5.81. The van der Waals surface area contributed by atoms with Gasteiger partial charge in [0.15, 0.2) is 0 Å². The van der Waals surface area contributed by atoms with Gasteiger partial charge in [0.2, 0.25) is 5.91 Å². The van der Waals surface area contributed by atoms with Crippen LogP contribution in [0, 0.1) is 0 Å². The highest BCUT2D eigenvalue weighted by molar-refractivity contribution is 5.80. The molecule has 0 aromatic rings. The maximum absolute atomic E-state index is 11.4. The lowest BCUT2D eigenvalue weighted by atomic mass is 10.2. The van der Waals surface area contributed by atoms with E-state index in [4.69, 9.17) is 9.47 Å². The van der Waals surface area contributed by atoms with E-state index < -0.39 is 0 Å². The van der Waals surface area contributed by atoms with Crippen LogP contribution in [-0.4, -0.2) is 51.5 Å². The Morgan fingerprint density at radius 2 is 2.36 bits per heavy atom. The Labute approximate surface area is 84.1 Å². The van der Waals surface area contributed by atoms with E-state index in [1.807, 2.05) is 0 Å². The number of ether oxygens (including phenoxy) is 2. The Morgan fingerprint density at radius 3 is 2.86 bits per heavy atom. The minimum Gasteiger partial charge on any atom is -0.383 e. The van der Waals surface area contributed by atoms with Crippen molar-refractivity contribution in [2.75, 3.05) is 33.4 Å². The maximum atomic E-state index is 11.4. The van der Waals surface area contributed by atoms with Crippen LogP contribution in [0.4, 0.5) is 0 Å². The summed E-state index contributed by atoms with van der Waals surface area (Å²) in [6.45, 7) is 4.52. The van der Waals surface area contributed by atoms with Crippen LogP contribution in [0.25, 0.3) is 0 Å². The number of rotatable bonds is 6. The number of methoxy groups -OCH3 is 1. The van der Waals surface area contributed by atoms with Crippen molar-refractivity contribution in [3.8, 4) is 0 Å². The van der Waals surface area contributed by atoms with Crippen LogP contribution in [0.15, 0.2) is 0 Å². The number of nitrogens with one attached hydrogen (secondary N) is 2. The van der Waals surface area contributed by atoms with Crippen LogP contribution in [0.5, 0.6) is 0 Å². The molecular formula is C9H18N2O3. The van der Waals surface area contributed by atoms with E-state index in [-0.39, 0.29) is 18.1 Å².